The molecule has 2 rings (SSSR count). The molecule has 0 fully saturated rings. The summed E-state index contributed by atoms with van der Waals surface area (Å²) in [6.07, 6.45) is 1.50. The fourth-order valence-corrected chi connectivity index (χ4v) is 2.45. The van der Waals surface area contributed by atoms with Crippen LogP contribution in [-0.2, 0) is 10.0 Å². The molecule has 20 heavy (non-hydrogen) atoms. The number of hydrogen-bond donors (Lipinski definition) is 1. The highest BCUT2D eigenvalue weighted by Gasteiger charge is 2.16. The molecule has 0 atom stereocenters. The van der Waals surface area contributed by atoms with Crippen LogP contribution < -0.4 is 9.88 Å². The fraction of sp³-hybridized carbons (Fsp3) is 0.154. The highest BCUT2D eigenvalue weighted by Crippen LogP contribution is 2.29. The number of halogens is 1. The van der Waals surface area contributed by atoms with Gasteiger partial charge in [-0.1, -0.05) is 11.6 Å². The minimum atomic E-state index is -3.83. The van der Waals surface area contributed by atoms with E-state index in [0.717, 1.165) is 5.57 Å². The van der Waals surface area contributed by atoms with Gasteiger partial charge in [-0.05, 0) is 36.8 Å². The van der Waals surface area contributed by atoms with Crippen LogP contribution in [-0.4, -0.2) is 20.0 Å². The third kappa shape index (κ3) is 3.09. The van der Waals surface area contributed by atoms with E-state index in [1.165, 1.54) is 17.8 Å². The summed E-state index contributed by atoms with van der Waals surface area (Å²) in [7, 11) is -3.83. The van der Waals surface area contributed by atoms with Crippen LogP contribution in [0.25, 0.3) is 10.9 Å². The van der Waals surface area contributed by atoms with E-state index in [1.54, 1.807) is 18.2 Å². The van der Waals surface area contributed by atoms with E-state index in [4.69, 9.17) is 21.5 Å². The van der Waals surface area contributed by atoms with Gasteiger partial charge in [0, 0.05) is 17.1 Å². The molecular weight excluding hydrogens is 300 g/mol. The summed E-state index contributed by atoms with van der Waals surface area (Å²) in [5, 5.41) is 5.77. The quantitative estimate of drug-likeness (QED) is 0.939. The van der Waals surface area contributed by atoms with Gasteiger partial charge in [-0.15, -0.1) is 0 Å². The fourth-order valence-electron chi connectivity index (χ4n) is 1.70. The van der Waals surface area contributed by atoms with Gasteiger partial charge in [0.15, 0.2) is 0 Å². The number of hydrogen-bond acceptors (Lipinski definition) is 4. The minimum absolute atomic E-state index is 0.0231. The van der Waals surface area contributed by atoms with E-state index < -0.39 is 10.0 Å². The highest BCUT2D eigenvalue weighted by atomic mass is 35.5. The first-order valence-electron chi connectivity index (χ1n) is 5.72. The lowest BCUT2D eigenvalue weighted by atomic mass is 10.2. The number of nitrogens with zero attached hydrogens (tertiary/aromatic N) is 1. The number of nitrogens with two attached hydrogens (primary N) is 1. The van der Waals surface area contributed by atoms with Crippen LogP contribution in [0.2, 0.25) is 0 Å². The van der Waals surface area contributed by atoms with E-state index in [-0.39, 0.29) is 4.90 Å². The zero-order chi connectivity index (χ0) is 14.8. The zero-order valence-electron chi connectivity index (χ0n) is 10.7. The molecule has 2 N–H and O–H groups in total. The van der Waals surface area contributed by atoms with Crippen molar-refractivity contribution in [3.63, 3.8) is 0 Å². The molecule has 5 nitrogen and oxygen atoms in total. The average molecular weight is 313 g/mol. The maximum Gasteiger partial charge on any atom is 0.240 e. The second-order valence-corrected chi connectivity index (χ2v) is 6.00. The van der Waals surface area contributed by atoms with Crippen LogP contribution in [0.3, 0.4) is 0 Å². The Morgan fingerprint density at radius 2 is 2.20 bits per heavy atom. The van der Waals surface area contributed by atoms with Gasteiger partial charge < -0.3 is 4.74 Å². The normalized spacial score (nSPS) is 12.7. The Morgan fingerprint density at radius 1 is 1.45 bits per heavy atom. The molecule has 1 aromatic heterocycles. The Kier molecular flexibility index (Phi) is 4.27. The molecule has 0 aliphatic rings. The summed E-state index contributed by atoms with van der Waals surface area (Å²) in [6.45, 7) is 2.13. The van der Waals surface area contributed by atoms with E-state index in [9.17, 15) is 8.42 Å². The van der Waals surface area contributed by atoms with Crippen molar-refractivity contribution in [3.05, 3.63) is 41.6 Å². The topological polar surface area (TPSA) is 82.3 Å². The van der Waals surface area contributed by atoms with E-state index in [0.29, 0.717) is 23.3 Å². The van der Waals surface area contributed by atoms with Crippen LogP contribution in [0, 0.1) is 0 Å². The first-order chi connectivity index (χ1) is 9.43. The highest BCUT2D eigenvalue weighted by molar-refractivity contribution is 7.89. The lowest BCUT2D eigenvalue weighted by Crippen LogP contribution is -2.13. The third-order valence-corrected chi connectivity index (χ3v) is 3.96. The zero-order valence-corrected chi connectivity index (χ0v) is 12.3. The van der Waals surface area contributed by atoms with Gasteiger partial charge in [0.2, 0.25) is 10.0 Å². The largest absolute Gasteiger partial charge is 0.489 e. The smallest absolute Gasteiger partial charge is 0.240 e. The van der Waals surface area contributed by atoms with E-state index in [2.05, 4.69) is 4.98 Å². The van der Waals surface area contributed by atoms with Crippen molar-refractivity contribution in [1.29, 1.82) is 0 Å². The molecule has 0 aliphatic carbocycles. The Morgan fingerprint density at radius 3 is 2.85 bits per heavy atom. The van der Waals surface area contributed by atoms with E-state index in [1.807, 2.05) is 6.92 Å². The van der Waals surface area contributed by atoms with Gasteiger partial charge in [0.05, 0.1) is 5.52 Å². The van der Waals surface area contributed by atoms with Crippen LogP contribution >= 0.6 is 11.6 Å². The molecule has 0 saturated heterocycles. The van der Waals surface area contributed by atoms with Crippen molar-refractivity contribution < 1.29 is 13.2 Å². The second-order valence-electron chi connectivity index (χ2n) is 4.25. The van der Waals surface area contributed by atoms with E-state index >= 15 is 0 Å². The van der Waals surface area contributed by atoms with Crippen molar-refractivity contribution in [2.75, 3.05) is 6.61 Å². The number of pyridine rings is 1. The molecule has 1 aromatic carbocycles. The summed E-state index contributed by atoms with van der Waals surface area (Å²) in [6, 6.07) is 6.38. The number of benzene rings is 1. The van der Waals surface area contributed by atoms with Crippen molar-refractivity contribution in [1.82, 2.24) is 4.98 Å². The maximum absolute atomic E-state index is 11.5. The number of ether oxygens (including phenoxy) is 1. The standard InChI is InChI=1S/C13H13ClN2O3S/c1-9(7-14)8-19-11-4-5-12(20(15,17)18)13-10(11)3-2-6-16-13/h2-7H,8H2,1H3,(H2,15,17,18)/b9-7-. The summed E-state index contributed by atoms with van der Waals surface area (Å²) < 4.78 is 28.7. The van der Waals surface area contributed by atoms with Gasteiger partial charge >= 0.3 is 0 Å². The molecule has 0 unspecified atom stereocenters. The molecule has 0 spiro atoms. The van der Waals surface area contributed by atoms with Crippen molar-refractivity contribution >= 4 is 32.5 Å². The Balaban J connectivity index is 2.55. The number of primary sulfonamides is 1. The van der Waals surface area contributed by atoms with Gasteiger partial charge in [0.25, 0.3) is 0 Å². The third-order valence-electron chi connectivity index (χ3n) is 2.64. The van der Waals surface area contributed by atoms with Crippen LogP contribution in [0.5, 0.6) is 5.75 Å². The second kappa shape index (κ2) is 5.78. The summed E-state index contributed by atoms with van der Waals surface area (Å²) in [5.74, 6) is 0.526. The SMILES string of the molecule is C/C(=C/Cl)COc1ccc(S(N)(=O)=O)c2ncccc12. The predicted octanol–water partition coefficient (Wildman–Crippen LogP) is 2.40. The van der Waals surface area contributed by atoms with Gasteiger partial charge in [0.1, 0.15) is 17.3 Å². The van der Waals surface area contributed by atoms with Crippen molar-refractivity contribution in [2.45, 2.75) is 11.8 Å². The molecule has 2 aromatic rings. The van der Waals surface area contributed by atoms with Gasteiger partial charge in [-0.25, -0.2) is 13.6 Å². The molecule has 0 radical (unpaired) electrons. The first-order valence-corrected chi connectivity index (χ1v) is 7.71. The molecule has 0 saturated carbocycles. The molecule has 106 valence electrons. The van der Waals surface area contributed by atoms with Gasteiger partial charge in [-0.3, -0.25) is 4.98 Å². The predicted molar refractivity (Wildman–Crippen MR) is 78.2 cm³/mol. The molecule has 0 amide bonds. The average Bonchev–Trinajstić information content (AvgIpc) is 2.43. The molecular formula is C13H13ClN2O3S. The minimum Gasteiger partial charge on any atom is -0.489 e. The molecule has 0 aliphatic heterocycles. The molecule has 7 heteroatoms. The van der Waals surface area contributed by atoms with Crippen molar-refractivity contribution in [3.8, 4) is 5.75 Å². The Labute approximate surface area is 122 Å². The van der Waals surface area contributed by atoms with Crippen LogP contribution in [0.4, 0.5) is 0 Å². The lowest BCUT2D eigenvalue weighted by Gasteiger charge is -2.11. The Bertz CT molecular complexity index is 772. The molecule has 1 heterocycles. The Hall–Kier alpha value is -1.63. The molecule has 0 bridgehead atoms. The lowest BCUT2D eigenvalue weighted by molar-refractivity contribution is 0.356. The number of sulfonamides is 1. The number of rotatable bonds is 4. The maximum atomic E-state index is 11.5. The number of fused-ring (bicyclic) bond motifs is 1. The summed E-state index contributed by atoms with van der Waals surface area (Å²) in [5.41, 5.74) is 2.57. The van der Waals surface area contributed by atoms with Crippen LogP contribution in [0.15, 0.2) is 46.5 Å². The number of aromatic nitrogens is 1. The summed E-state index contributed by atoms with van der Waals surface area (Å²) in [4.78, 5) is 4.05. The van der Waals surface area contributed by atoms with Crippen molar-refractivity contribution in [2.24, 2.45) is 5.14 Å². The monoisotopic (exact) mass is 312 g/mol. The van der Waals surface area contributed by atoms with Crippen LogP contribution in [0.1, 0.15) is 6.92 Å². The summed E-state index contributed by atoms with van der Waals surface area (Å²) >= 11 is 5.57. The first kappa shape index (κ1) is 14.8. The van der Waals surface area contributed by atoms with Gasteiger partial charge in [-0.2, -0.15) is 0 Å².